The van der Waals surface area contributed by atoms with E-state index in [0.29, 0.717) is 4.34 Å². The number of thiophene rings is 1. The number of rotatable bonds is 2. The normalized spacial score (nSPS) is 13.5. The number of benzene rings is 1. The molecule has 112 valence electrons. The Kier molecular flexibility index (Phi) is 3.68. The highest BCUT2D eigenvalue weighted by Crippen LogP contribution is 2.33. The average Bonchev–Trinajstić information content (AvgIpc) is 2.93. The van der Waals surface area contributed by atoms with Gasteiger partial charge in [-0.2, -0.15) is 0 Å². The number of nitrogens with zero attached hydrogens (tertiary/aromatic N) is 1. The number of hydrogen-bond acceptors (Lipinski definition) is 4. The van der Waals surface area contributed by atoms with Crippen LogP contribution in [0.4, 0.5) is 5.69 Å². The van der Waals surface area contributed by atoms with Crippen molar-refractivity contribution in [2.24, 2.45) is 0 Å². The van der Waals surface area contributed by atoms with Gasteiger partial charge in [-0.3, -0.25) is 19.3 Å². The monoisotopic (exact) mass is 354 g/mol. The van der Waals surface area contributed by atoms with Crippen LogP contribution in [0.5, 0.6) is 0 Å². The van der Waals surface area contributed by atoms with Crippen LogP contribution in [0.2, 0.25) is 8.67 Å². The van der Waals surface area contributed by atoms with E-state index in [4.69, 9.17) is 23.2 Å². The highest BCUT2D eigenvalue weighted by molar-refractivity contribution is 7.20. The van der Waals surface area contributed by atoms with Gasteiger partial charge < -0.3 is 5.32 Å². The van der Waals surface area contributed by atoms with Crippen LogP contribution in [-0.4, -0.2) is 29.7 Å². The summed E-state index contributed by atoms with van der Waals surface area (Å²) in [7, 11) is 1.39. The van der Waals surface area contributed by atoms with E-state index in [1.54, 1.807) is 18.2 Å². The van der Waals surface area contributed by atoms with Gasteiger partial charge in [0.1, 0.15) is 4.34 Å². The van der Waals surface area contributed by atoms with E-state index < -0.39 is 17.7 Å². The standard InChI is InChI=1S/C14H8Cl2N2O3S/c1-18-13(20)6-3-2-4-8(10(6)14(18)21)17-12(19)7-5-9(15)22-11(7)16/h2-5H,1H3,(H,17,19). The zero-order valence-electron chi connectivity index (χ0n) is 11.1. The third-order valence-electron chi connectivity index (χ3n) is 3.27. The van der Waals surface area contributed by atoms with E-state index in [1.807, 2.05) is 0 Å². The van der Waals surface area contributed by atoms with Gasteiger partial charge in [0.25, 0.3) is 17.7 Å². The fourth-order valence-electron chi connectivity index (χ4n) is 2.19. The second-order valence-corrected chi connectivity index (χ2v) is 6.88. The number of halogens is 2. The lowest BCUT2D eigenvalue weighted by Gasteiger charge is -2.08. The molecular weight excluding hydrogens is 347 g/mol. The molecule has 2 heterocycles. The van der Waals surface area contributed by atoms with Crippen molar-refractivity contribution in [2.45, 2.75) is 0 Å². The molecule has 0 unspecified atom stereocenters. The molecule has 0 aliphatic carbocycles. The minimum Gasteiger partial charge on any atom is -0.321 e. The Balaban J connectivity index is 1.99. The summed E-state index contributed by atoms with van der Waals surface area (Å²) in [6.45, 7) is 0. The zero-order valence-corrected chi connectivity index (χ0v) is 13.5. The van der Waals surface area contributed by atoms with Gasteiger partial charge in [0.2, 0.25) is 0 Å². The molecule has 1 aliphatic rings. The molecule has 1 aliphatic heterocycles. The van der Waals surface area contributed by atoms with Crippen molar-refractivity contribution in [3.8, 4) is 0 Å². The maximum Gasteiger partial charge on any atom is 0.263 e. The molecular formula is C14H8Cl2N2O3S. The van der Waals surface area contributed by atoms with Crippen LogP contribution < -0.4 is 5.32 Å². The lowest BCUT2D eigenvalue weighted by atomic mass is 10.1. The van der Waals surface area contributed by atoms with Crippen molar-refractivity contribution in [1.29, 1.82) is 0 Å². The first-order valence-electron chi connectivity index (χ1n) is 6.11. The summed E-state index contributed by atoms with van der Waals surface area (Å²) in [6, 6.07) is 6.15. The first-order chi connectivity index (χ1) is 10.4. The van der Waals surface area contributed by atoms with E-state index >= 15 is 0 Å². The number of amides is 3. The molecule has 0 fully saturated rings. The molecule has 8 heteroatoms. The fourth-order valence-corrected chi connectivity index (χ4v) is 3.65. The van der Waals surface area contributed by atoms with E-state index in [9.17, 15) is 14.4 Å². The number of nitrogens with one attached hydrogen (secondary N) is 1. The zero-order chi connectivity index (χ0) is 16.0. The predicted octanol–water partition coefficient (Wildman–Crippen LogP) is 3.53. The van der Waals surface area contributed by atoms with Gasteiger partial charge in [-0.05, 0) is 18.2 Å². The van der Waals surface area contributed by atoms with Crippen LogP contribution in [0.1, 0.15) is 31.1 Å². The summed E-state index contributed by atoms with van der Waals surface area (Å²) < 4.78 is 0.647. The quantitative estimate of drug-likeness (QED) is 0.838. The summed E-state index contributed by atoms with van der Waals surface area (Å²) in [4.78, 5) is 37.3. The number of anilines is 1. The largest absolute Gasteiger partial charge is 0.321 e. The van der Waals surface area contributed by atoms with Gasteiger partial charge in [0, 0.05) is 7.05 Å². The molecule has 0 atom stereocenters. The predicted molar refractivity (Wildman–Crippen MR) is 85.2 cm³/mol. The SMILES string of the molecule is CN1C(=O)c2cccc(NC(=O)c3cc(Cl)sc3Cl)c2C1=O. The van der Waals surface area contributed by atoms with Crippen molar-refractivity contribution in [1.82, 2.24) is 4.90 Å². The highest BCUT2D eigenvalue weighted by Gasteiger charge is 2.35. The highest BCUT2D eigenvalue weighted by atomic mass is 35.5. The molecule has 22 heavy (non-hydrogen) atoms. The minimum absolute atomic E-state index is 0.181. The van der Waals surface area contributed by atoms with Gasteiger partial charge in [-0.15, -0.1) is 11.3 Å². The first-order valence-corrected chi connectivity index (χ1v) is 7.69. The lowest BCUT2D eigenvalue weighted by molar-refractivity contribution is 0.0693. The van der Waals surface area contributed by atoms with Crippen LogP contribution in [0.3, 0.4) is 0 Å². The van der Waals surface area contributed by atoms with E-state index in [0.717, 1.165) is 16.2 Å². The van der Waals surface area contributed by atoms with Gasteiger partial charge >= 0.3 is 0 Å². The van der Waals surface area contributed by atoms with Crippen LogP contribution >= 0.6 is 34.5 Å². The van der Waals surface area contributed by atoms with Crippen molar-refractivity contribution < 1.29 is 14.4 Å². The first kappa shape index (κ1) is 15.0. The average molecular weight is 355 g/mol. The van der Waals surface area contributed by atoms with Crippen molar-refractivity contribution in [3.63, 3.8) is 0 Å². The molecule has 2 aromatic rings. The van der Waals surface area contributed by atoms with Crippen LogP contribution in [-0.2, 0) is 0 Å². The molecule has 1 N–H and O–H groups in total. The summed E-state index contributed by atoms with van der Waals surface area (Å²) >= 11 is 12.8. The maximum atomic E-state index is 12.3. The smallest absolute Gasteiger partial charge is 0.263 e. The molecule has 0 saturated heterocycles. The molecule has 3 amide bonds. The third-order valence-corrected chi connectivity index (χ3v) is 4.76. The molecule has 1 aromatic carbocycles. The summed E-state index contributed by atoms with van der Waals surface area (Å²) in [5.74, 6) is -1.34. The number of imide groups is 1. The third kappa shape index (κ3) is 2.29. The summed E-state index contributed by atoms with van der Waals surface area (Å²) in [6.07, 6.45) is 0. The van der Waals surface area contributed by atoms with Crippen molar-refractivity contribution >= 4 is 57.9 Å². The van der Waals surface area contributed by atoms with Gasteiger partial charge in [-0.25, -0.2) is 0 Å². The molecule has 0 saturated carbocycles. The topological polar surface area (TPSA) is 66.5 Å². The van der Waals surface area contributed by atoms with E-state index in [2.05, 4.69) is 5.32 Å². The molecule has 0 radical (unpaired) electrons. The Labute approximate surface area is 139 Å². The number of hydrogen-bond donors (Lipinski definition) is 1. The minimum atomic E-state index is -0.489. The Morgan fingerprint density at radius 3 is 2.59 bits per heavy atom. The fraction of sp³-hybridized carbons (Fsp3) is 0.0714. The second kappa shape index (κ2) is 5.39. The maximum absolute atomic E-state index is 12.3. The van der Waals surface area contributed by atoms with E-state index in [-0.39, 0.29) is 26.7 Å². The Morgan fingerprint density at radius 1 is 1.23 bits per heavy atom. The number of fused-ring (bicyclic) bond motifs is 1. The Hall–Kier alpha value is -1.89. The van der Waals surface area contributed by atoms with E-state index in [1.165, 1.54) is 13.1 Å². The molecule has 5 nitrogen and oxygen atoms in total. The van der Waals surface area contributed by atoms with Crippen LogP contribution in [0, 0.1) is 0 Å². The Bertz CT molecular complexity index is 831. The van der Waals surface area contributed by atoms with Crippen molar-refractivity contribution in [3.05, 3.63) is 49.6 Å². The van der Waals surface area contributed by atoms with Gasteiger partial charge in [0.15, 0.2) is 0 Å². The molecule has 3 rings (SSSR count). The van der Waals surface area contributed by atoms with Gasteiger partial charge in [0.05, 0.1) is 26.7 Å². The molecule has 0 spiro atoms. The summed E-state index contributed by atoms with van der Waals surface area (Å²) in [5.41, 5.74) is 0.934. The van der Waals surface area contributed by atoms with Gasteiger partial charge in [-0.1, -0.05) is 29.3 Å². The van der Waals surface area contributed by atoms with Crippen LogP contribution in [0.25, 0.3) is 0 Å². The van der Waals surface area contributed by atoms with Crippen molar-refractivity contribution in [2.75, 3.05) is 12.4 Å². The van der Waals surface area contributed by atoms with Crippen LogP contribution in [0.15, 0.2) is 24.3 Å². The summed E-state index contributed by atoms with van der Waals surface area (Å²) in [5, 5.41) is 2.61. The molecule has 0 bridgehead atoms. The number of carbonyl (C=O) groups is 3. The number of carbonyl (C=O) groups excluding carboxylic acids is 3. The molecule has 1 aromatic heterocycles. The Morgan fingerprint density at radius 2 is 1.95 bits per heavy atom. The second-order valence-electron chi connectivity index (χ2n) is 4.59. The lowest BCUT2D eigenvalue weighted by Crippen LogP contribution is -2.24.